The van der Waals surface area contributed by atoms with Crippen LogP contribution in [0.2, 0.25) is 0 Å². The lowest BCUT2D eigenvalue weighted by molar-refractivity contribution is -0.912. The fourth-order valence-corrected chi connectivity index (χ4v) is 9.42. The predicted molar refractivity (Wildman–Crippen MR) is 123 cm³/mol. The van der Waals surface area contributed by atoms with Crippen molar-refractivity contribution in [2.24, 2.45) is 5.41 Å². The molecule has 1 aromatic rings. The van der Waals surface area contributed by atoms with Crippen molar-refractivity contribution in [2.75, 3.05) is 46.4 Å². The molecule has 3 heterocycles. The number of ether oxygens (including phenoxy) is 4. The van der Waals surface area contributed by atoms with E-state index in [1.165, 1.54) is 33.3 Å². The van der Waals surface area contributed by atoms with Crippen molar-refractivity contribution in [3.8, 4) is 11.5 Å². The Morgan fingerprint density at radius 2 is 1.83 bits per heavy atom. The lowest BCUT2D eigenvalue weighted by atomic mass is 9.37. The highest BCUT2D eigenvalue weighted by atomic mass is 16.6. The van der Waals surface area contributed by atoms with Gasteiger partial charge < -0.3 is 33.9 Å². The highest BCUT2D eigenvalue weighted by Gasteiger charge is 2.89. The molecule has 1 aromatic carbocycles. The van der Waals surface area contributed by atoms with Crippen LogP contribution in [0.15, 0.2) is 12.1 Å². The summed E-state index contributed by atoms with van der Waals surface area (Å²) in [6, 6.07) is 3.24. The van der Waals surface area contributed by atoms with Gasteiger partial charge in [0, 0.05) is 18.3 Å². The number of hydroxylamine groups is 3. The second-order valence-corrected chi connectivity index (χ2v) is 10.9. The van der Waals surface area contributed by atoms with E-state index in [0.717, 1.165) is 18.4 Å². The Balaban J connectivity index is 1.78. The number of amides is 1. The molecular formula is C25H32N2O8. The van der Waals surface area contributed by atoms with Crippen LogP contribution in [-0.2, 0) is 19.7 Å². The molecule has 1 unspecified atom stereocenters. The smallest absolute Gasteiger partial charge is 0.414 e. The number of methoxy groups -OCH3 is 4. The first-order chi connectivity index (χ1) is 16.7. The van der Waals surface area contributed by atoms with Crippen LogP contribution in [0.4, 0.5) is 10.5 Å². The van der Waals surface area contributed by atoms with Gasteiger partial charge in [0.25, 0.3) is 0 Å². The lowest BCUT2D eigenvalue weighted by Crippen LogP contribution is -2.87. The third-order valence-corrected chi connectivity index (χ3v) is 10.1. The first-order valence-corrected chi connectivity index (χ1v) is 12.2. The number of carbonyl (C=O) groups is 2. The molecule has 3 saturated carbocycles. The highest BCUT2D eigenvalue weighted by Crippen LogP contribution is 2.79. The number of esters is 1. The molecule has 10 heteroatoms. The Kier molecular flexibility index (Phi) is 4.45. The number of rotatable bonds is 3. The molecule has 6 atom stereocenters. The molecular weight excluding hydrogens is 456 g/mol. The van der Waals surface area contributed by atoms with Gasteiger partial charge in [-0.2, -0.15) is 0 Å². The van der Waals surface area contributed by atoms with Crippen molar-refractivity contribution < 1.29 is 38.3 Å². The van der Waals surface area contributed by atoms with E-state index >= 15 is 0 Å². The zero-order chi connectivity index (χ0) is 25.0. The average Bonchev–Trinajstić information content (AvgIpc) is 3.33. The van der Waals surface area contributed by atoms with Gasteiger partial charge in [0.2, 0.25) is 0 Å². The maximum atomic E-state index is 14.4. The van der Waals surface area contributed by atoms with Gasteiger partial charge >= 0.3 is 12.1 Å². The summed E-state index contributed by atoms with van der Waals surface area (Å²) in [4.78, 5) is 28.6. The molecule has 0 aromatic heterocycles. The number of anilines is 1. The van der Waals surface area contributed by atoms with Gasteiger partial charge in [-0.25, -0.2) is 9.59 Å². The van der Waals surface area contributed by atoms with Crippen molar-refractivity contribution in [3.05, 3.63) is 22.9 Å². The van der Waals surface area contributed by atoms with Crippen LogP contribution < -0.4 is 14.4 Å². The minimum atomic E-state index is -2.03. The van der Waals surface area contributed by atoms with E-state index in [1.54, 1.807) is 6.07 Å². The Morgan fingerprint density at radius 3 is 2.49 bits per heavy atom. The molecule has 3 aliphatic carbocycles. The Morgan fingerprint density at radius 1 is 1.06 bits per heavy atom. The first-order valence-electron chi connectivity index (χ1n) is 12.2. The maximum absolute atomic E-state index is 14.4. The van der Waals surface area contributed by atoms with Crippen LogP contribution in [0.5, 0.6) is 11.5 Å². The van der Waals surface area contributed by atoms with Crippen LogP contribution in [0.25, 0.3) is 0 Å². The van der Waals surface area contributed by atoms with Gasteiger partial charge in [-0.05, 0) is 37.3 Å². The second kappa shape index (κ2) is 6.80. The fraction of sp³-hybridized carbons (Fsp3) is 0.680. The largest absolute Gasteiger partial charge is 0.633 e. The van der Waals surface area contributed by atoms with Gasteiger partial charge in [0.15, 0.2) is 17.1 Å². The zero-order valence-corrected chi connectivity index (χ0v) is 20.6. The van der Waals surface area contributed by atoms with E-state index in [2.05, 4.69) is 0 Å². The van der Waals surface area contributed by atoms with Gasteiger partial charge in [-0.3, -0.25) is 4.90 Å². The van der Waals surface area contributed by atoms with E-state index in [-0.39, 0.29) is 11.1 Å². The number of benzene rings is 1. The number of piperidine rings is 1. The molecule has 1 N–H and O–H groups in total. The topological polar surface area (TPSA) is 118 Å². The molecule has 2 bridgehead atoms. The maximum Gasteiger partial charge on any atom is 0.414 e. The summed E-state index contributed by atoms with van der Waals surface area (Å²) in [5.41, 5.74) is -3.88. The molecule has 3 spiro atoms. The molecule has 6 aliphatic rings. The van der Waals surface area contributed by atoms with Crippen LogP contribution in [-0.4, -0.2) is 80.5 Å². The molecule has 190 valence electrons. The fourth-order valence-electron chi connectivity index (χ4n) is 9.42. The number of fused-ring (bicyclic) bond motifs is 3. The number of quaternary nitrogens is 1. The Bertz CT molecular complexity index is 1140. The third-order valence-electron chi connectivity index (χ3n) is 10.1. The number of carbonyl (C=O) groups excluding carboxylic acids is 2. The molecule has 1 amide bonds. The van der Waals surface area contributed by atoms with Crippen molar-refractivity contribution in [2.45, 2.75) is 61.1 Å². The molecule has 2 saturated heterocycles. The van der Waals surface area contributed by atoms with Crippen molar-refractivity contribution in [1.29, 1.82) is 0 Å². The van der Waals surface area contributed by atoms with Crippen LogP contribution >= 0.6 is 0 Å². The Hall–Kier alpha value is -2.56. The minimum absolute atomic E-state index is 0.0717. The summed E-state index contributed by atoms with van der Waals surface area (Å²) >= 11 is 0. The van der Waals surface area contributed by atoms with Gasteiger partial charge in [-0.1, -0.05) is 6.07 Å². The summed E-state index contributed by atoms with van der Waals surface area (Å²) < 4.78 is 21.4. The summed E-state index contributed by atoms with van der Waals surface area (Å²) in [6.45, 7) is 0.843. The number of hydrogen-bond acceptors (Lipinski definition) is 8. The van der Waals surface area contributed by atoms with Crippen LogP contribution in [0.3, 0.4) is 0 Å². The number of nitrogens with zero attached hydrogens (tertiary/aromatic N) is 2. The zero-order valence-electron chi connectivity index (χ0n) is 20.6. The number of hydrogen-bond donors (Lipinski definition) is 1. The molecule has 3 aliphatic heterocycles. The normalized spacial score (nSPS) is 42.1. The predicted octanol–water partition coefficient (Wildman–Crippen LogP) is 2.24. The first kappa shape index (κ1) is 22.9. The van der Waals surface area contributed by atoms with Crippen molar-refractivity contribution in [1.82, 2.24) is 0 Å². The lowest BCUT2D eigenvalue weighted by Gasteiger charge is -2.72. The molecule has 7 rings (SSSR count). The molecule has 0 radical (unpaired) electrons. The quantitative estimate of drug-likeness (QED) is 0.391. The monoisotopic (exact) mass is 488 g/mol. The average molecular weight is 489 g/mol. The molecule has 35 heavy (non-hydrogen) atoms. The minimum Gasteiger partial charge on any atom is -0.633 e. The van der Waals surface area contributed by atoms with Crippen LogP contribution in [0.1, 0.15) is 44.1 Å². The van der Waals surface area contributed by atoms with Crippen molar-refractivity contribution in [3.63, 3.8) is 0 Å². The highest BCUT2D eigenvalue weighted by molar-refractivity contribution is 6.01. The SMILES string of the molecule is COC(=O)N1c2c(ccc(OC)c2OC)[C@@]23CC[N+]4([O-])CCC[C@]5(CC[C@@]12[C@](O)(C(=O)OC)C5)[C@@H]34. The summed E-state index contributed by atoms with van der Waals surface area (Å²) in [5, 5.41) is 26.9. The number of aliphatic hydroxyl groups is 1. The summed E-state index contributed by atoms with van der Waals surface area (Å²) in [6.07, 6.45) is 2.22. The van der Waals surface area contributed by atoms with E-state index in [1.807, 2.05) is 6.07 Å². The van der Waals surface area contributed by atoms with Gasteiger partial charge in [0.1, 0.15) is 11.6 Å². The van der Waals surface area contributed by atoms with Crippen LogP contribution in [0, 0.1) is 10.6 Å². The van der Waals surface area contributed by atoms with Gasteiger partial charge in [-0.15, -0.1) is 0 Å². The van der Waals surface area contributed by atoms with E-state index in [0.29, 0.717) is 49.5 Å². The third kappa shape index (κ3) is 2.16. The second-order valence-electron chi connectivity index (χ2n) is 10.9. The standard InChI is InChI=1S/C25H32N2O8/c1-32-16-7-6-15-17(18(16)33-2)26(21(29)35-4)25-10-9-22(14-24(25,30)20(28)34-3)8-5-12-27(31)13-11-23(15,25)19(22)27/h6-7,19,30H,5,8-14H2,1-4H3/t19-,22+,23+,24+,25+,27?/m0/s1. The van der Waals surface area contributed by atoms with Gasteiger partial charge in [0.05, 0.1) is 52.6 Å². The van der Waals surface area contributed by atoms with E-state index in [9.17, 15) is 19.9 Å². The summed E-state index contributed by atoms with van der Waals surface area (Å²) in [5.74, 6) is -0.0736. The molecule has 5 fully saturated rings. The van der Waals surface area contributed by atoms with Crippen molar-refractivity contribution >= 4 is 17.7 Å². The molecule has 10 nitrogen and oxygen atoms in total. The van der Waals surface area contributed by atoms with E-state index < -0.39 is 40.1 Å². The Labute approximate surface area is 203 Å². The summed E-state index contributed by atoms with van der Waals surface area (Å²) in [7, 11) is 5.51. The van der Waals surface area contributed by atoms with E-state index in [4.69, 9.17) is 18.9 Å².